The molecule has 0 bridgehead atoms. The summed E-state index contributed by atoms with van der Waals surface area (Å²) in [7, 11) is 1.93. The van der Waals surface area contributed by atoms with Crippen molar-refractivity contribution < 1.29 is 4.79 Å². The molecule has 3 aromatic heterocycles. The third-order valence-corrected chi connectivity index (χ3v) is 4.53. The molecule has 1 aromatic carbocycles. The van der Waals surface area contributed by atoms with Gasteiger partial charge >= 0.3 is 0 Å². The molecule has 1 N–H and O–H groups in total. The van der Waals surface area contributed by atoms with E-state index in [1.807, 2.05) is 29.8 Å². The zero-order chi connectivity index (χ0) is 18.8. The zero-order valence-corrected chi connectivity index (χ0v) is 15.1. The summed E-state index contributed by atoms with van der Waals surface area (Å²) >= 11 is 0. The van der Waals surface area contributed by atoms with Crippen molar-refractivity contribution in [3.63, 3.8) is 0 Å². The Labute approximate surface area is 155 Å². The van der Waals surface area contributed by atoms with Crippen LogP contribution < -0.4 is 5.32 Å². The quantitative estimate of drug-likeness (QED) is 0.590. The molecule has 0 aliphatic heterocycles. The van der Waals surface area contributed by atoms with Gasteiger partial charge in [0, 0.05) is 31.4 Å². The molecule has 8 nitrogen and oxygen atoms in total. The zero-order valence-electron chi connectivity index (χ0n) is 15.1. The maximum absolute atomic E-state index is 12.7. The number of rotatable bonds is 5. The Hall–Kier alpha value is -3.55. The SMILES string of the molecule is C[C@H](Cc1nncn1C)c1cccc(NC(=O)c2ccnc3ccnn23)c1. The lowest BCUT2D eigenvalue weighted by Gasteiger charge is -2.13. The van der Waals surface area contributed by atoms with Gasteiger partial charge in [0.2, 0.25) is 0 Å². The number of hydrogen-bond acceptors (Lipinski definition) is 5. The van der Waals surface area contributed by atoms with E-state index in [0.29, 0.717) is 11.3 Å². The second-order valence-corrected chi connectivity index (χ2v) is 6.47. The van der Waals surface area contributed by atoms with Gasteiger partial charge in [-0.25, -0.2) is 9.50 Å². The Morgan fingerprint density at radius 3 is 2.93 bits per heavy atom. The number of fused-ring (bicyclic) bond motifs is 1. The number of nitrogens with one attached hydrogen (secondary N) is 1. The first-order valence-electron chi connectivity index (χ1n) is 8.65. The molecule has 1 atom stereocenters. The smallest absolute Gasteiger partial charge is 0.274 e. The first-order chi connectivity index (χ1) is 13.1. The van der Waals surface area contributed by atoms with Crippen molar-refractivity contribution in [2.45, 2.75) is 19.3 Å². The minimum atomic E-state index is -0.232. The van der Waals surface area contributed by atoms with Gasteiger partial charge in [0.25, 0.3) is 5.91 Å². The van der Waals surface area contributed by atoms with Gasteiger partial charge in [-0.2, -0.15) is 5.10 Å². The molecule has 0 saturated carbocycles. The van der Waals surface area contributed by atoms with Crippen LogP contribution in [0, 0.1) is 0 Å². The average molecular weight is 361 g/mol. The monoisotopic (exact) mass is 361 g/mol. The van der Waals surface area contributed by atoms with Crippen LogP contribution in [0.15, 0.2) is 55.1 Å². The highest BCUT2D eigenvalue weighted by atomic mass is 16.2. The van der Waals surface area contributed by atoms with Crippen LogP contribution in [0.25, 0.3) is 5.65 Å². The van der Waals surface area contributed by atoms with E-state index >= 15 is 0 Å². The maximum atomic E-state index is 12.7. The number of amides is 1. The van der Waals surface area contributed by atoms with E-state index in [4.69, 9.17) is 0 Å². The minimum Gasteiger partial charge on any atom is -0.321 e. The van der Waals surface area contributed by atoms with Gasteiger partial charge in [-0.1, -0.05) is 19.1 Å². The molecule has 136 valence electrons. The number of aryl methyl sites for hydroxylation is 1. The Morgan fingerprint density at radius 2 is 2.11 bits per heavy atom. The van der Waals surface area contributed by atoms with Gasteiger partial charge in [0.05, 0.1) is 6.20 Å². The summed E-state index contributed by atoms with van der Waals surface area (Å²) in [5.74, 6) is 0.933. The van der Waals surface area contributed by atoms with Gasteiger partial charge in [0.1, 0.15) is 17.8 Å². The Morgan fingerprint density at radius 1 is 1.22 bits per heavy atom. The molecule has 3 heterocycles. The van der Waals surface area contributed by atoms with Crippen LogP contribution in [0.1, 0.15) is 34.7 Å². The summed E-state index contributed by atoms with van der Waals surface area (Å²) in [6.45, 7) is 2.13. The number of benzene rings is 1. The number of anilines is 1. The van der Waals surface area contributed by atoms with Gasteiger partial charge < -0.3 is 9.88 Å². The highest BCUT2D eigenvalue weighted by molar-refractivity contribution is 6.03. The second kappa shape index (κ2) is 6.99. The summed E-state index contributed by atoms with van der Waals surface area (Å²) < 4.78 is 3.44. The van der Waals surface area contributed by atoms with Crippen molar-refractivity contribution in [3.8, 4) is 0 Å². The fourth-order valence-corrected chi connectivity index (χ4v) is 3.01. The number of nitrogens with zero attached hydrogens (tertiary/aromatic N) is 6. The summed E-state index contributed by atoms with van der Waals surface area (Å²) in [6.07, 6.45) is 5.69. The van der Waals surface area contributed by atoms with E-state index in [1.165, 1.54) is 4.52 Å². The van der Waals surface area contributed by atoms with Crippen molar-refractivity contribution >= 4 is 17.2 Å². The van der Waals surface area contributed by atoms with Crippen molar-refractivity contribution in [2.75, 3.05) is 5.32 Å². The Balaban J connectivity index is 1.53. The van der Waals surface area contributed by atoms with E-state index in [9.17, 15) is 4.79 Å². The predicted octanol–water partition coefficient (Wildman–Crippen LogP) is 2.46. The molecule has 0 aliphatic carbocycles. The molecule has 0 spiro atoms. The minimum absolute atomic E-state index is 0.232. The molecule has 0 radical (unpaired) electrons. The molecule has 0 unspecified atom stereocenters. The molecule has 8 heteroatoms. The van der Waals surface area contributed by atoms with Gasteiger partial charge in [-0.3, -0.25) is 4.79 Å². The highest BCUT2D eigenvalue weighted by Crippen LogP contribution is 2.22. The Kier molecular flexibility index (Phi) is 4.37. The molecule has 0 aliphatic rings. The standard InChI is InChI=1S/C19H19N7O/c1-13(10-18-24-21-12-25(18)2)14-4-3-5-15(11-14)23-19(27)16-6-8-20-17-7-9-22-26(16)17/h3-9,11-13H,10H2,1-2H3,(H,23,27)/t13-/m1/s1. The maximum Gasteiger partial charge on any atom is 0.274 e. The number of hydrogen-bond donors (Lipinski definition) is 1. The summed E-state index contributed by atoms with van der Waals surface area (Å²) in [4.78, 5) is 16.9. The van der Waals surface area contributed by atoms with Crippen LogP contribution in [-0.4, -0.2) is 35.3 Å². The molecular formula is C19H19N7O. The van der Waals surface area contributed by atoms with Crippen LogP contribution in [0.4, 0.5) is 5.69 Å². The lowest BCUT2D eigenvalue weighted by Crippen LogP contribution is -2.17. The lowest BCUT2D eigenvalue weighted by molar-refractivity contribution is 0.102. The molecule has 27 heavy (non-hydrogen) atoms. The van der Waals surface area contributed by atoms with Crippen molar-refractivity contribution in [2.24, 2.45) is 7.05 Å². The van der Waals surface area contributed by atoms with Crippen LogP contribution in [0.3, 0.4) is 0 Å². The predicted molar refractivity (Wildman–Crippen MR) is 101 cm³/mol. The third-order valence-electron chi connectivity index (χ3n) is 4.53. The van der Waals surface area contributed by atoms with Crippen molar-refractivity contribution in [1.82, 2.24) is 29.4 Å². The topological polar surface area (TPSA) is 90.0 Å². The van der Waals surface area contributed by atoms with Crippen molar-refractivity contribution in [3.05, 3.63) is 72.2 Å². The van der Waals surface area contributed by atoms with Gasteiger partial charge in [0.15, 0.2) is 5.65 Å². The molecule has 0 fully saturated rings. The third kappa shape index (κ3) is 3.41. The normalized spacial score (nSPS) is 12.2. The Bertz CT molecular complexity index is 1100. The number of carbonyl (C=O) groups excluding carboxylic acids is 1. The van der Waals surface area contributed by atoms with Crippen LogP contribution in [0.5, 0.6) is 0 Å². The summed E-state index contributed by atoms with van der Waals surface area (Å²) in [6, 6.07) is 11.3. The largest absolute Gasteiger partial charge is 0.321 e. The fraction of sp³-hybridized carbons (Fsp3) is 0.211. The van der Waals surface area contributed by atoms with E-state index in [1.54, 1.807) is 30.9 Å². The van der Waals surface area contributed by atoms with E-state index in [2.05, 4.69) is 38.6 Å². The van der Waals surface area contributed by atoms with Gasteiger partial charge in [-0.15, -0.1) is 10.2 Å². The van der Waals surface area contributed by atoms with Crippen LogP contribution in [-0.2, 0) is 13.5 Å². The number of carbonyl (C=O) groups is 1. The van der Waals surface area contributed by atoms with Crippen LogP contribution in [0.2, 0.25) is 0 Å². The molecular weight excluding hydrogens is 342 g/mol. The summed E-state index contributed by atoms with van der Waals surface area (Å²) in [5.41, 5.74) is 2.92. The van der Waals surface area contributed by atoms with Crippen LogP contribution >= 0.6 is 0 Å². The average Bonchev–Trinajstić information content (AvgIpc) is 3.30. The first kappa shape index (κ1) is 16.9. The molecule has 4 aromatic rings. The first-order valence-corrected chi connectivity index (χ1v) is 8.65. The highest BCUT2D eigenvalue weighted by Gasteiger charge is 2.14. The molecule has 1 amide bonds. The second-order valence-electron chi connectivity index (χ2n) is 6.47. The van der Waals surface area contributed by atoms with E-state index in [0.717, 1.165) is 23.5 Å². The lowest BCUT2D eigenvalue weighted by atomic mass is 9.97. The number of aromatic nitrogens is 6. The van der Waals surface area contributed by atoms with Crippen molar-refractivity contribution in [1.29, 1.82) is 0 Å². The van der Waals surface area contributed by atoms with E-state index < -0.39 is 0 Å². The summed E-state index contributed by atoms with van der Waals surface area (Å²) in [5, 5.41) is 15.2. The molecule has 0 saturated heterocycles. The fourth-order valence-electron chi connectivity index (χ4n) is 3.01. The van der Waals surface area contributed by atoms with E-state index in [-0.39, 0.29) is 11.8 Å². The van der Waals surface area contributed by atoms with Gasteiger partial charge in [-0.05, 0) is 29.7 Å². The molecule has 4 rings (SSSR count).